The van der Waals surface area contributed by atoms with Crippen molar-refractivity contribution < 1.29 is 9.90 Å². The molecule has 5 nitrogen and oxygen atoms in total. The maximum Gasteiger partial charge on any atom is 0.257 e. The first-order valence-corrected chi connectivity index (χ1v) is 6.26. The first kappa shape index (κ1) is 13.1. The van der Waals surface area contributed by atoms with Crippen molar-refractivity contribution in [3.63, 3.8) is 0 Å². The topological polar surface area (TPSA) is 88.2 Å². The van der Waals surface area contributed by atoms with Crippen molar-refractivity contribution in [2.45, 2.75) is 0 Å². The first-order valence-electron chi connectivity index (χ1n) is 5.44. The van der Waals surface area contributed by atoms with E-state index in [0.29, 0.717) is 10.7 Å². The number of amides is 1. The average Bonchev–Trinajstić information content (AvgIpc) is 2.84. The highest BCUT2D eigenvalue weighted by Crippen LogP contribution is 2.18. The number of benzene rings is 1. The van der Waals surface area contributed by atoms with Gasteiger partial charge in [-0.25, -0.2) is 4.98 Å². The van der Waals surface area contributed by atoms with Gasteiger partial charge >= 0.3 is 0 Å². The summed E-state index contributed by atoms with van der Waals surface area (Å²) in [5.41, 5.74) is 5.64. The Hall–Kier alpha value is -2.36. The summed E-state index contributed by atoms with van der Waals surface area (Å²) < 4.78 is 0. The minimum Gasteiger partial charge on any atom is -0.508 e. The van der Waals surface area contributed by atoms with E-state index in [4.69, 9.17) is 5.73 Å². The third-order valence-corrected chi connectivity index (χ3v) is 2.98. The SMILES string of the molecule is NCC#Cc1cnc(NC(=O)c2cccc(O)c2)s1. The number of anilines is 1. The lowest BCUT2D eigenvalue weighted by molar-refractivity contribution is 0.102. The van der Waals surface area contributed by atoms with E-state index >= 15 is 0 Å². The number of hydrogen-bond donors (Lipinski definition) is 3. The number of carbonyl (C=O) groups excluding carboxylic acids is 1. The summed E-state index contributed by atoms with van der Waals surface area (Å²) in [6.07, 6.45) is 1.57. The Morgan fingerprint density at radius 2 is 2.37 bits per heavy atom. The molecule has 2 aromatic rings. The summed E-state index contributed by atoms with van der Waals surface area (Å²) >= 11 is 1.27. The molecule has 1 amide bonds. The molecule has 2 rings (SSSR count). The molecule has 19 heavy (non-hydrogen) atoms. The van der Waals surface area contributed by atoms with Crippen LogP contribution in [0.4, 0.5) is 5.13 Å². The zero-order valence-corrected chi connectivity index (χ0v) is 10.7. The van der Waals surface area contributed by atoms with E-state index in [1.165, 1.54) is 23.5 Å². The Kier molecular flexibility index (Phi) is 4.13. The standard InChI is InChI=1S/C13H11N3O2S/c14-6-2-5-11-8-15-13(19-11)16-12(18)9-3-1-4-10(17)7-9/h1,3-4,7-8,17H,6,14H2,(H,15,16,18). The maximum absolute atomic E-state index is 11.9. The van der Waals surface area contributed by atoms with Gasteiger partial charge in [-0.1, -0.05) is 29.2 Å². The normalized spacial score (nSPS) is 9.53. The van der Waals surface area contributed by atoms with E-state index in [0.717, 1.165) is 4.88 Å². The van der Waals surface area contributed by atoms with Crippen LogP contribution in [0.3, 0.4) is 0 Å². The molecule has 1 heterocycles. The van der Waals surface area contributed by atoms with Gasteiger partial charge in [-0.05, 0) is 18.2 Å². The highest BCUT2D eigenvalue weighted by Gasteiger charge is 2.08. The molecule has 0 saturated heterocycles. The summed E-state index contributed by atoms with van der Waals surface area (Å²) in [6.45, 7) is 0.281. The van der Waals surface area contributed by atoms with Gasteiger partial charge in [-0.15, -0.1) is 0 Å². The molecule has 0 spiro atoms. The van der Waals surface area contributed by atoms with E-state index in [1.807, 2.05) is 0 Å². The molecular formula is C13H11N3O2S. The Balaban J connectivity index is 2.09. The fourth-order valence-electron chi connectivity index (χ4n) is 1.34. The molecular weight excluding hydrogens is 262 g/mol. The van der Waals surface area contributed by atoms with Gasteiger partial charge in [0, 0.05) is 5.56 Å². The number of nitrogens with two attached hydrogens (primary N) is 1. The molecule has 1 aromatic heterocycles. The second-order valence-corrected chi connectivity index (χ2v) is 4.57. The van der Waals surface area contributed by atoms with Crippen molar-refractivity contribution in [3.8, 4) is 17.6 Å². The molecule has 0 bridgehead atoms. The van der Waals surface area contributed by atoms with E-state index in [9.17, 15) is 9.90 Å². The predicted molar refractivity (Wildman–Crippen MR) is 74.1 cm³/mol. The lowest BCUT2D eigenvalue weighted by atomic mass is 10.2. The number of rotatable bonds is 2. The number of phenolic OH excluding ortho intramolecular Hbond substituents is 1. The van der Waals surface area contributed by atoms with Gasteiger partial charge in [0.15, 0.2) is 5.13 Å². The summed E-state index contributed by atoms with van der Waals surface area (Å²) in [6, 6.07) is 6.10. The Morgan fingerprint density at radius 3 is 3.11 bits per heavy atom. The van der Waals surface area contributed by atoms with Gasteiger partial charge in [-0.3, -0.25) is 10.1 Å². The van der Waals surface area contributed by atoms with Crippen molar-refractivity contribution in [2.75, 3.05) is 11.9 Å². The number of aromatic nitrogens is 1. The molecule has 1 aromatic carbocycles. The number of carbonyl (C=O) groups is 1. The van der Waals surface area contributed by atoms with Gasteiger partial charge in [0.05, 0.1) is 17.6 Å². The minimum absolute atomic E-state index is 0.0429. The molecule has 4 N–H and O–H groups in total. The number of nitrogens with zero attached hydrogens (tertiary/aromatic N) is 1. The van der Waals surface area contributed by atoms with Crippen LogP contribution in [-0.2, 0) is 0 Å². The smallest absolute Gasteiger partial charge is 0.257 e. The zero-order valence-electron chi connectivity index (χ0n) is 9.88. The van der Waals surface area contributed by atoms with E-state index in [2.05, 4.69) is 22.1 Å². The molecule has 0 radical (unpaired) electrons. The van der Waals surface area contributed by atoms with Gasteiger partial charge in [0.2, 0.25) is 0 Å². The molecule has 0 fully saturated rings. The fraction of sp³-hybridized carbons (Fsp3) is 0.0769. The summed E-state index contributed by atoms with van der Waals surface area (Å²) in [5.74, 6) is 5.26. The largest absolute Gasteiger partial charge is 0.508 e. The number of nitrogens with one attached hydrogen (secondary N) is 1. The number of hydrogen-bond acceptors (Lipinski definition) is 5. The van der Waals surface area contributed by atoms with E-state index < -0.39 is 0 Å². The second kappa shape index (κ2) is 6.00. The van der Waals surface area contributed by atoms with Crippen molar-refractivity contribution >= 4 is 22.4 Å². The van der Waals surface area contributed by atoms with Crippen LogP contribution in [-0.4, -0.2) is 22.5 Å². The molecule has 0 atom stereocenters. The highest BCUT2D eigenvalue weighted by atomic mass is 32.1. The minimum atomic E-state index is -0.330. The second-order valence-electron chi connectivity index (χ2n) is 3.54. The molecule has 96 valence electrons. The molecule has 0 unspecified atom stereocenters. The van der Waals surface area contributed by atoms with Crippen molar-refractivity contribution in [2.24, 2.45) is 5.73 Å². The maximum atomic E-state index is 11.9. The van der Waals surface area contributed by atoms with Crippen molar-refractivity contribution in [1.29, 1.82) is 0 Å². The van der Waals surface area contributed by atoms with Crippen LogP contribution in [0.25, 0.3) is 0 Å². The quantitative estimate of drug-likeness (QED) is 0.722. The summed E-state index contributed by atoms with van der Waals surface area (Å²) in [4.78, 5) is 16.6. The van der Waals surface area contributed by atoms with E-state index in [-0.39, 0.29) is 18.2 Å². The first-order chi connectivity index (χ1) is 9.19. The van der Waals surface area contributed by atoms with Crippen LogP contribution in [0.1, 0.15) is 15.2 Å². The van der Waals surface area contributed by atoms with Crippen molar-refractivity contribution in [3.05, 3.63) is 40.9 Å². The third-order valence-electron chi connectivity index (χ3n) is 2.15. The van der Waals surface area contributed by atoms with Crippen LogP contribution in [0.5, 0.6) is 5.75 Å². The number of thiazole rings is 1. The molecule has 6 heteroatoms. The Morgan fingerprint density at radius 1 is 1.53 bits per heavy atom. The van der Waals surface area contributed by atoms with Crippen LogP contribution in [0, 0.1) is 11.8 Å². The number of phenols is 1. The Bertz CT molecular complexity index is 655. The molecule has 0 aliphatic rings. The van der Waals surface area contributed by atoms with Gasteiger partial charge < -0.3 is 10.8 Å². The fourth-order valence-corrected chi connectivity index (χ4v) is 2.03. The van der Waals surface area contributed by atoms with Gasteiger partial charge in [0.25, 0.3) is 5.91 Å². The number of aromatic hydroxyl groups is 1. The lowest BCUT2D eigenvalue weighted by Crippen LogP contribution is -2.11. The van der Waals surface area contributed by atoms with Gasteiger partial charge in [0.1, 0.15) is 5.75 Å². The lowest BCUT2D eigenvalue weighted by Gasteiger charge is -2.01. The molecule has 0 aliphatic heterocycles. The average molecular weight is 273 g/mol. The predicted octanol–water partition coefficient (Wildman–Crippen LogP) is 1.41. The van der Waals surface area contributed by atoms with Crippen LogP contribution in [0.15, 0.2) is 30.5 Å². The third kappa shape index (κ3) is 3.55. The van der Waals surface area contributed by atoms with E-state index in [1.54, 1.807) is 18.3 Å². The van der Waals surface area contributed by atoms with Crippen molar-refractivity contribution in [1.82, 2.24) is 4.98 Å². The Labute approximate surface area is 114 Å². The van der Waals surface area contributed by atoms with Crippen LogP contribution >= 0.6 is 11.3 Å². The van der Waals surface area contributed by atoms with Crippen LogP contribution in [0.2, 0.25) is 0 Å². The van der Waals surface area contributed by atoms with Gasteiger partial charge in [-0.2, -0.15) is 0 Å². The molecule has 0 saturated carbocycles. The monoisotopic (exact) mass is 273 g/mol. The molecule has 0 aliphatic carbocycles. The summed E-state index contributed by atoms with van der Waals surface area (Å²) in [7, 11) is 0. The zero-order chi connectivity index (χ0) is 13.7. The van der Waals surface area contributed by atoms with Crippen LogP contribution < -0.4 is 11.1 Å². The summed E-state index contributed by atoms with van der Waals surface area (Å²) in [5, 5.41) is 12.4. The highest BCUT2D eigenvalue weighted by molar-refractivity contribution is 7.16.